The molecule has 0 spiro atoms. The Balaban J connectivity index is 2.42. The maximum absolute atomic E-state index is 13.3. The molecule has 1 aliphatic rings. The number of ether oxygens (including phenoxy) is 3. The third-order valence-corrected chi connectivity index (χ3v) is 4.70. The first-order valence-electron chi connectivity index (χ1n) is 9.92. The van der Waals surface area contributed by atoms with Crippen LogP contribution in [0.1, 0.15) is 25.0 Å². The second kappa shape index (κ2) is 11.1. The lowest BCUT2D eigenvalue weighted by atomic mass is 10.0. The molecule has 0 saturated heterocycles. The van der Waals surface area contributed by atoms with Crippen LogP contribution in [0.2, 0.25) is 0 Å². The maximum atomic E-state index is 13.3. The fraction of sp³-hybridized carbons (Fsp3) is 0.545. The Kier molecular flexibility index (Phi) is 8.82. The van der Waals surface area contributed by atoms with Gasteiger partial charge in [-0.15, -0.1) is 0 Å². The predicted octanol–water partition coefficient (Wildman–Crippen LogP) is 2.09. The highest BCUT2D eigenvalue weighted by Gasteiger charge is 2.41. The number of imide groups is 1. The molecule has 1 aromatic rings. The smallest absolute Gasteiger partial charge is 0.277 e. The second-order valence-corrected chi connectivity index (χ2v) is 7.24. The van der Waals surface area contributed by atoms with Crippen molar-refractivity contribution in [2.75, 3.05) is 53.7 Å². The van der Waals surface area contributed by atoms with Crippen LogP contribution in [0.4, 0.5) is 0 Å². The van der Waals surface area contributed by atoms with Crippen molar-refractivity contribution in [1.29, 1.82) is 0 Å². The van der Waals surface area contributed by atoms with E-state index in [1.807, 2.05) is 49.9 Å². The van der Waals surface area contributed by atoms with E-state index in [9.17, 15) is 9.59 Å². The van der Waals surface area contributed by atoms with Crippen LogP contribution in [-0.4, -0.2) is 81.4 Å². The molecule has 0 saturated carbocycles. The second-order valence-electron chi connectivity index (χ2n) is 7.24. The molecule has 160 valence electrons. The summed E-state index contributed by atoms with van der Waals surface area (Å²) in [6.07, 6.45) is 0.0340. The fourth-order valence-electron chi connectivity index (χ4n) is 3.16. The first-order chi connectivity index (χ1) is 13.9. The molecule has 7 heteroatoms. The quantitative estimate of drug-likeness (QED) is 0.497. The number of methoxy groups -OCH3 is 2. The number of aryl methyl sites for hydroxylation is 1. The van der Waals surface area contributed by atoms with E-state index in [1.165, 1.54) is 4.90 Å². The van der Waals surface area contributed by atoms with Crippen molar-refractivity contribution in [3.05, 3.63) is 41.1 Å². The van der Waals surface area contributed by atoms with Crippen LogP contribution in [0.5, 0.6) is 0 Å². The van der Waals surface area contributed by atoms with Gasteiger partial charge in [-0.3, -0.25) is 14.5 Å². The van der Waals surface area contributed by atoms with Gasteiger partial charge in [0.15, 0.2) is 0 Å². The summed E-state index contributed by atoms with van der Waals surface area (Å²) in [5.41, 5.74) is 2.64. The van der Waals surface area contributed by atoms with E-state index in [4.69, 9.17) is 14.2 Å². The summed E-state index contributed by atoms with van der Waals surface area (Å²) in [5.74, 6) is -0.591. The summed E-state index contributed by atoms with van der Waals surface area (Å²) in [5, 5.41) is 0. The van der Waals surface area contributed by atoms with Crippen LogP contribution in [-0.2, 0) is 23.8 Å². The molecule has 2 amide bonds. The Labute approximate surface area is 173 Å². The number of rotatable bonds is 12. The highest BCUT2D eigenvalue weighted by molar-refractivity contribution is 6.35. The van der Waals surface area contributed by atoms with Gasteiger partial charge in [-0.1, -0.05) is 29.8 Å². The normalized spacial score (nSPS) is 14.5. The molecule has 0 fully saturated rings. The lowest BCUT2D eigenvalue weighted by molar-refractivity contribution is -0.138. The maximum Gasteiger partial charge on any atom is 0.277 e. The van der Waals surface area contributed by atoms with E-state index in [0.717, 1.165) is 11.1 Å². The van der Waals surface area contributed by atoms with E-state index in [1.54, 1.807) is 14.2 Å². The molecule has 1 aromatic carbocycles. The lowest BCUT2D eigenvalue weighted by Gasteiger charge is -2.25. The lowest BCUT2D eigenvalue weighted by Crippen LogP contribution is -2.39. The molecule has 0 N–H and O–H groups in total. The van der Waals surface area contributed by atoms with Gasteiger partial charge in [-0.05, 0) is 26.3 Å². The van der Waals surface area contributed by atoms with Crippen molar-refractivity contribution < 1.29 is 23.8 Å². The van der Waals surface area contributed by atoms with Crippen LogP contribution < -0.4 is 0 Å². The summed E-state index contributed by atoms with van der Waals surface area (Å²) < 4.78 is 16.0. The molecule has 7 nitrogen and oxygen atoms in total. The summed E-state index contributed by atoms with van der Waals surface area (Å²) >= 11 is 0. The molecule has 0 unspecified atom stereocenters. The Morgan fingerprint density at radius 2 is 1.52 bits per heavy atom. The average Bonchev–Trinajstić information content (AvgIpc) is 2.93. The van der Waals surface area contributed by atoms with Gasteiger partial charge in [-0.25, -0.2) is 0 Å². The van der Waals surface area contributed by atoms with Gasteiger partial charge in [0.2, 0.25) is 0 Å². The van der Waals surface area contributed by atoms with Crippen LogP contribution in [0, 0.1) is 6.92 Å². The number of nitrogens with zero attached hydrogens (tertiary/aromatic N) is 2. The summed E-state index contributed by atoms with van der Waals surface area (Å²) in [6, 6.07) is 7.65. The number of carbonyl (C=O) groups excluding carboxylic acids is 2. The van der Waals surface area contributed by atoms with Crippen molar-refractivity contribution in [3.63, 3.8) is 0 Å². The van der Waals surface area contributed by atoms with E-state index in [-0.39, 0.29) is 24.5 Å². The van der Waals surface area contributed by atoms with E-state index < -0.39 is 0 Å². The number of amides is 2. The minimum Gasteiger partial charge on any atom is -0.383 e. The van der Waals surface area contributed by atoms with Gasteiger partial charge in [0.1, 0.15) is 5.70 Å². The molecular formula is C22H32N2O5. The molecule has 1 heterocycles. The highest BCUT2D eigenvalue weighted by atomic mass is 16.5. The Morgan fingerprint density at radius 3 is 2.03 bits per heavy atom. The Hall–Kier alpha value is -2.22. The molecule has 0 aliphatic carbocycles. The summed E-state index contributed by atoms with van der Waals surface area (Å²) in [4.78, 5) is 29.7. The number of carbonyl (C=O) groups is 2. The molecular weight excluding hydrogens is 372 g/mol. The SMILES string of the molecule is COCCN(CCOC)C1=C(c2ccc(C)cc2)C(=O)N(CCOC(C)C)C1=O. The van der Waals surface area contributed by atoms with Crippen LogP contribution in [0.25, 0.3) is 5.57 Å². The van der Waals surface area contributed by atoms with Crippen molar-refractivity contribution in [2.45, 2.75) is 26.9 Å². The molecule has 1 aliphatic heterocycles. The first-order valence-corrected chi connectivity index (χ1v) is 9.92. The zero-order valence-corrected chi connectivity index (χ0v) is 18.1. The largest absolute Gasteiger partial charge is 0.383 e. The topological polar surface area (TPSA) is 68.3 Å². The molecule has 29 heavy (non-hydrogen) atoms. The van der Waals surface area contributed by atoms with Gasteiger partial charge < -0.3 is 19.1 Å². The Bertz CT molecular complexity index is 719. The van der Waals surface area contributed by atoms with Gasteiger partial charge >= 0.3 is 0 Å². The summed E-state index contributed by atoms with van der Waals surface area (Å²) in [7, 11) is 3.22. The van der Waals surface area contributed by atoms with E-state index in [2.05, 4.69) is 0 Å². The molecule has 0 atom stereocenters. The third kappa shape index (κ3) is 5.88. The van der Waals surface area contributed by atoms with Gasteiger partial charge in [0.05, 0.1) is 38.0 Å². The van der Waals surface area contributed by atoms with Crippen molar-refractivity contribution in [1.82, 2.24) is 9.80 Å². The van der Waals surface area contributed by atoms with Crippen molar-refractivity contribution in [3.8, 4) is 0 Å². The van der Waals surface area contributed by atoms with Gasteiger partial charge in [0.25, 0.3) is 11.8 Å². The Morgan fingerprint density at radius 1 is 0.931 bits per heavy atom. The average molecular weight is 405 g/mol. The molecule has 2 rings (SSSR count). The molecule has 0 aromatic heterocycles. The third-order valence-electron chi connectivity index (χ3n) is 4.70. The van der Waals surface area contributed by atoms with Crippen molar-refractivity contribution in [2.24, 2.45) is 0 Å². The standard InChI is InChI=1S/C22H32N2O5/c1-16(2)29-15-12-24-21(25)19(18-8-6-17(3)7-9-18)20(22(24)26)23(10-13-27-4)11-14-28-5/h6-9,16H,10-15H2,1-5H3. The van der Waals surface area contributed by atoms with E-state index >= 15 is 0 Å². The minimum absolute atomic E-state index is 0.0340. The zero-order chi connectivity index (χ0) is 21.4. The number of benzene rings is 1. The fourth-order valence-corrected chi connectivity index (χ4v) is 3.16. The number of hydrogen-bond acceptors (Lipinski definition) is 6. The molecule has 0 bridgehead atoms. The van der Waals surface area contributed by atoms with Crippen molar-refractivity contribution >= 4 is 17.4 Å². The zero-order valence-electron chi connectivity index (χ0n) is 18.1. The monoisotopic (exact) mass is 404 g/mol. The van der Waals surface area contributed by atoms with E-state index in [0.29, 0.717) is 44.2 Å². The highest BCUT2D eigenvalue weighted by Crippen LogP contribution is 2.31. The predicted molar refractivity (Wildman–Crippen MR) is 111 cm³/mol. The van der Waals surface area contributed by atoms with Gasteiger partial charge in [-0.2, -0.15) is 0 Å². The first kappa shape index (κ1) is 23.1. The van der Waals surface area contributed by atoms with Crippen LogP contribution in [0.15, 0.2) is 30.0 Å². The van der Waals surface area contributed by atoms with Crippen LogP contribution >= 0.6 is 0 Å². The minimum atomic E-state index is -0.301. The molecule has 0 radical (unpaired) electrons. The summed E-state index contributed by atoms with van der Waals surface area (Å²) in [6.45, 7) is 8.20. The number of hydrogen-bond donors (Lipinski definition) is 0. The van der Waals surface area contributed by atoms with Crippen LogP contribution in [0.3, 0.4) is 0 Å². The van der Waals surface area contributed by atoms with Gasteiger partial charge in [0, 0.05) is 27.3 Å².